The van der Waals surface area contributed by atoms with Crippen LogP contribution in [0.5, 0.6) is 0 Å². The number of carbonyl (C=O) groups excluding carboxylic acids is 2. The number of hydrogen-bond donors (Lipinski definition) is 2. The molecule has 2 N–H and O–H groups in total. The largest absolute Gasteiger partial charge is 0.462 e. The Balaban J connectivity index is 1.49. The topological polar surface area (TPSA) is 83.8 Å². The first-order valence-corrected chi connectivity index (χ1v) is 13.1. The van der Waals surface area contributed by atoms with Gasteiger partial charge < -0.3 is 14.9 Å². The molecule has 0 saturated heterocycles. The molecule has 0 aromatic carbocycles. The van der Waals surface area contributed by atoms with Gasteiger partial charge in [0.05, 0.1) is 11.7 Å². The van der Waals surface area contributed by atoms with Gasteiger partial charge in [-0.15, -0.1) is 0 Å². The van der Waals surface area contributed by atoms with Crippen LogP contribution in [0.4, 0.5) is 0 Å². The van der Waals surface area contributed by atoms with Gasteiger partial charge >= 0.3 is 5.97 Å². The fourth-order valence-corrected chi connectivity index (χ4v) is 10.4. The molecule has 5 heteroatoms. The number of ketones is 1. The minimum absolute atomic E-state index is 0.00552. The van der Waals surface area contributed by atoms with Crippen molar-refractivity contribution in [1.29, 1.82) is 0 Å². The lowest BCUT2D eigenvalue weighted by Gasteiger charge is -2.66. The number of rotatable bonds is 2. The lowest BCUT2D eigenvalue weighted by Crippen LogP contribution is -2.69. The quantitative estimate of drug-likeness (QED) is 0.614. The summed E-state index contributed by atoms with van der Waals surface area (Å²) < 4.78 is 5.48. The fourth-order valence-electron chi connectivity index (χ4n) is 10.4. The Bertz CT molecular complexity index is 810. The number of hydrogen-bond acceptors (Lipinski definition) is 5. The van der Waals surface area contributed by atoms with Gasteiger partial charge in [0.2, 0.25) is 0 Å². The predicted molar refractivity (Wildman–Crippen MR) is 121 cm³/mol. The third kappa shape index (κ3) is 2.70. The number of aliphatic hydroxyl groups is 2. The van der Waals surface area contributed by atoms with E-state index in [1.165, 1.54) is 13.3 Å². The Hall–Kier alpha value is -0.940. The Morgan fingerprint density at radius 1 is 0.906 bits per heavy atom. The number of esters is 1. The van der Waals surface area contributed by atoms with Crippen LogP contribution in [-0.4, -0.2) is 39.8 Å². The van der Waals surface area contributed by atoms with Crippen molar-refractivity contribution in [3.05, 3.63) is 0 Å². The molecule has 0 aromatic rings. The second kappa shape index (κ2) is 7.28. The van der Waals surface area contributed by atoms with Gasteiger partial charge in [0, 0.05) is 24.2 Å². The minimum Gasteiger partial charge on any atom is -0.462 e. The summed E-state index contributed by atoms with van der Waals surface area (Å²) in [6, 6.07) is 0. The summed E-state index contributed by atoms with van der Waals surface area (Å²) >= 11 is 0. The maximum atomic E-state index is 13.2. The van der Waals surface area contributed by atoms with E-state index >= 15 is 0 Å². The molecule has 0 radical (unpaired) electrons. The van der Waals surface area contributed by atoms with Crippen LogP contribution >= 0.6 is 0 Å². The van der Waals surface area contributed by atoms with E-state index < -0.39 is 11.7 Å². The molecular weight excluding hydrogens is 404 g/mol. The summed E-state index contributed by atoms with van der Waals surface area (Å²) in [5.74, 6) is 1.69. The van der Waals surface area contributed by atoms with E-state index in [0.29, 0.717) is 42.3 Å². The number of aliphatic hydroxyl groups excluding tert-OH is 1. The van der Waals surface area contributed by atoms with Gasteiger partial charge in [-0.2, -0.15) is 0 Å². The van der Waals surface area contributed by atoms with Crippen LogP contribution in [0.2, 0.25) is 0 Å². The number of carbonyl (C=O) groups is 2. The second-order valence-electron chi connectivity index (χ2n) is 12.6. The van der Waals surface area contributed by atoms with Gasteiger partial charge in [0.1, 0.15) is 11.9 Å². The Labute approximate surface area is 192 Å². The summed E-state index contributed by atoms with van der Waals surface area (Å²) in [5.41, 5.74) is -1.78. The van der Waals surface area contributed by atoms with E-state index in [4.69, 9.17) is 4.74 Å². The molecule has 10 atom stereocenters. The van der Waals surface area contributed by atoms with Crippen molar-refractivity contribution < 1.29 is 24.5 Å². The third-order valence-corrected chi connectivity index (χ3v) is 11.8. The molecule has 0 heterocycles. The monoisotopic (exact) mass is 446 g/mol. The number of fused-ring (bicyclic) bond motifs is 7. The summed E-state index contributed by atoms with van der Waals surface area (Å²) in [7, 11) is 0. The minimum atomic E-state index is -1.22. The number of ether oxygens (including phenoxy) is 1. The molecule has 5 rings (SSSR count). The molecule has 5 fully saturated rings. The van der Waals surface area contributed by atoms with Crippen LogP contribution < -0.4 is 0 Å². The molecule has 5 saturated carbocycles. The molecular formula is C27H42O5. The molecule has 0 aromatic heterocycles. The van der Waals surface area contributed by atoms with Crippen LogP contribution in [-0.2, 0) is 14.3 Å². The van der Waals surface area contributed by atoms with E-state index in [-0.39, 0.29) is 28.3 Å². The first kappa shape index (κ1) is 22.8. The average Bonchev–Trinajstić information content (AvgIpc) is 3.00. The standard InChI is InChI=1S/C27H42O5/c1-16(28)26-10-6-5-7-18(26)13-22-20-14-23(30)27(31)15-19(32-17(2)29)8-11-25(27,4)21(20)9-12-24(22,26)3/h18-23,30-31H,5-15H2,1-4H3/t18-,19+,20-,21+,22+,23+,24+,25+,26+,27-/m0/s1. The van der Waals surface area contributed by atoms with Gasteiger partial charge in [-0.1, -0.05) is 26.7 Å². The van der Waals surface area contributed by atoms with Crippen LogP contribution in [0.25, 0.3) is 0 Å². The highest BCUT2D eigenvalue weighted by Crippen LogP contribution is 2.74. The summed E-state index contributed by atoms with van der Waals surface area (Å²) in [6.07, 6.45) is 9.06. The molecule has 32 heavy (non-hydrogen) atoms. The fraction of sp³-hybridized carbons (Fsp3) is 0.926. The van der Waals surface area contributed by atoms with Crippen molar-refractivity contribution >= 4 is 11.8 Å². The van der Waals surface area contributed by atoms with E-state index in [1.807, 2.05) is 6.92 Å². The van der Waals surface area contributed by atoms with Gasteiger partial charge in [-0.25, -0.2) is 0 Å². The van der Waals surface area contributed by atoms with Crippen molar-refractivity contribution in [1.82, 2.24) is 0 Å². The first-order valence-electron chi connectivity index (χ1n) is 13.1. The normalized spacial score (nSPS) is 54.6. The SMILES string of the molecule is CC(=O)O[C@@H]1CC[C@]2(C)[C@@H]3CC[C@]4(C)[C@H](C[C@@H]5CCCC[C@@]54C(C)=O)[C@H]3C[C@@H](O)[C@@]2(O)C1. The van der Waals surface area contributed by atoms with Crippen LogP contribution in [0.3, 0.4) is 0 Å². The highest BCUT2D eigenvalue weighted by Gasteiger charge is 2.72. The summed E-state index contributed by atoms with van der Waals surface area (Å²) in [4.78, 5) is 24.8. The molecule has 0 aliphatic heterocycles. The highest BCUT2D eigenvalue weighted by atomic mass is 16.5. The Morgan fingerprint density at radius 2 is 1.62 bits per heavy atom. The van der Waals surface area contributed by atoms with Crippen LogP contribution in [0.1, 0.15) is 98.3 Å². The van der Waals surface area contributed by atoms with Gasteiger partial charge in [0.25, 0.3) is 0 Å². The zero-order valence-electron chi connectivity index (χ0n) is 20.4. The molecule has 5 nitrogen and oxygen atoms in total. The van der Waals surface area contributed by atoms with Crippen LogP contribution in [0, 0.1) is 39.9 Å². The van der Waals surface area contributed by atoms with E-state index in [2.05, 4.69) is 13.8 Å². The second-order valence-corrected chi connectivity index (χ2v) is 12.6. The third-order valence-electron chi connectivity index (χ3n) is 11.8. The summed E-state index contributed by atoms with van der Waals surface area (Å²) in [6.45, 7) is 7.83. The highest BCUT2D eigenvalue weighted by molar-refractivity contribution is 5.84. The number of Topliss-reactive ketones (excluding diaryl/α,β-unsaturated/α-hetero) is 1. The maximum absolute atomic E-state index is 13.2. The molecule has 0 bridgehead atoms. The van der Waals surface area contributed by atoms with E-state index in [9.17, 15) is 19.8 Å². The van der Waals surface area contributed by atoms with Crippen molar-refractivity contribution in [3.8, 4) is 0 Å². The maximum Gasteiger partial charge on any atom is 0.302 e. The zero-order valence-corrected chi connectivity index (χ0v) is 20.4. The Morgan fingerprint density at radius 3 is 2.31 bits per heavy atom. The van der Waals surface area contributed by atoms with E-state index in [0.717, 1.165) is 51.4 Å². The zero-order chi connectivity index (χ0) is 23.1. The van der Waals surface area contributed by atoms with Gasteiger partial charge in [-0.3, -0.25) is 9.59 Å². The van der Waals surface area contributed by atoms with Crippen LogP contribution in [0.15, 0.2) is 0 Å². The van der Waals surface area contributed by atoms with Crippen molar-refractivity contribution in [2.24, 2.45) is 39.9 Å². The Kier molecular flexibility index (Phi) is 5.19. The lowest BCUT2D eigenvalue weighted by atomic mass is 9.41. The average molecular weight is 447 g/mol. The molecule has 5 aliphatic rings. The smallest absolute Gasteiger partial charge is 0.302 e. The lowest BCUT2D eigenvalue weighted by molar-refractivity contribution is -0.267. The molecule has 0 spiro atoms. The van der Waals surface area contributed by atoms with Crippen molar-refractivity contribution in [3.63, 3.8) is 0 Å². The van der Waals surface area contributed by atoms with Gasteiger partial charge in [0.15, 0.2) is 0 Å². The predicted octanol–water partition coefficient (Wildman–Crippen LogP) is 4.42. The summed E-state index contributed by atoms with van der Waals surface area (Å²) in [5, 5.41) is 23.3. The van der Waals surface area contributed by atoms with Crippen molar-refractivity contribution in [2.75, 3.05) is 0 Å². The van der Waals surface area contributed by atoms with Crippen molar-refractivity contribution in [2.45, 2.75) is 116 Å². The van der Waals surface area contributed by atoms with Gasteiger partial charge in [-0.05, 0) is 87.4 Å². The molecule has 5 aliphatic carbocycles. The molecule has 180 valence electrons. The first-order chi connectivity index (χ1) is 15.0. The van der Waals surface area contributed by atoms with E-state index in [1.54, 1.807) is 0 Å². The molecule has 0 amide bonds. The molecule has 0 unspecified atom stereocenters.